The summed E-state index contributed by atoms with van der Waals surface area (Å²) in [5.41, 5.74) is 5.01. The zero-order valence-corrected chi connectivity index (χ0v) is 22.3. The van der Waals surface area contributed by atoms with Gasteiger partial charge in [-0.15, -0.1) is 0 Å². The fourth-order valence-corrected chi connectivity index (χ4v) is 5.00. The van der Waals surface area contributed by atoms with Crippen molar-refractivity contribution in [1.29, 1.82) is 0 Å². The summed E-state index contributed by atoms with van der Waals surface area (Å²) < 4.78 is 6.15. The highest BCUT2D eigenvalue weighted by Gasteiger charge is 2.21. The summed E-state index contributed by atoms with van der Waals surface area (Å²) in [7, 11) is 0. The SMILES string of the molecule is O=C(N/N=C/c1ccc(OCCNC2CCN(Cc3ccccc3)C2)c2ccccc12)c1ccc(O)c(Cl)c1. The molecule has 0 spiro atoms. The summed E-state index contributed by atoms with van der Waals surface area (Å²) in [4.78, 5) is 14.9. The van der Waals surface area contributed by atoms with Crippen molar-refractivity contribution in [1.82, 2.24) is 15.6 Å². The molecule has 8 heteroatoms. The van der Waals surface area contributed by atoms with Gasteiger partial charge in [-0.1, -0.05) is 66.2 Å². The van der Waals surface area contributed by atoms with E-state index >= 15 is 0 Å². The number of nitrogens with one attached hydrogen (secondary N) is 2. The van der Waals surface area contributed by atoms with Gasteiger partial charge in [0.1, 0.15) is 18.1 Å². The molecule has 7 nitrogen and oxygen atoms in total. The molecular weight excluding hydrogens is 512 g/mol. The van der Waals surface area contributed by atoms with Gasteiger partial charge in [0.05, 0.1) is 11.2 Å². The third-order valence-corrected chi connectivity index (χ3v) is 7.11. The molecule has 0 radical (unpaired) electrons. The molecular formula is C31H31ClN4O3. The largest absolute Gasteiger partial charge is 0.506 e. The van der Waals surface area contributed by atoms with E-state index in [2.05, 4.69) is 51.1 Å². The number of halogens is 1. The molecule has 4 aromatic carbocycles. The highest BCUT2D eigenvalue weighted by molar-refractivity contribution is 6.32. The van der Waals surface area contributed by atoms with E-state index in [1.54, 1.807) is 6.21 Å². The minimum Gasteiger partial charge on any atom is -0.506 e. The normalized spacial score (nSPS) is 15.7. The van der Waals surface area contributed by atoms with Gasteiger partial charge in [-0.05, 0) is 47.7 Å². The van der Waals surface area contributed by atoms with Gasteiger partial charge in [-0.25, -0.2) is 5.43 Å². The first kappa shape index (κ1) is 26.7. The van der Waals surface area contributed by atoms with E-state index in [0.717, 1.165) is 54.7 Å². The Hall–Kier alpha value is -3.91. The number of rotatable bonds is 10. The van der Waals surface area contributed by atoms with E-state index < -0.39 is 5.91 Å². The first-order chi connectivity index (χ1) is 19.1. The van der Waals surface area contributed by atoms with Gasteiger partial charge in [-0.2, -0.15) is 5.10 Å². The highest BCUT2D eigenvalue weighted by atomic mass is 35.5. The Morgan fingerprint density at radius 3 is 2.67 bits per heavy atom. The maximum Gasteiger partial charge on any atom is 0.271 e. The standard InChI is InChI=1S/C31H31ClN4O3/c32-28-18-23(10-12-29(28)37)31(38)35-34-19-24-11-13-30(27-9-5-4-8-26(24)27)39-17-15-33-25-14-16-36(21-25)20-22-6-2-1-3-7-22/h1-13,18-19,25,33,37H,14-17,20-21H2,(H,35,38)/b34-19+. The number of fused-ring (bicyclic) bond motifs is 1. The van der Waals surface area contributed by atoms with Crippen LogP contribution < -0.4 is 15.5 Å². The number of hydrazone groups is 1. The lowest BCUT2D eigenvalue weighted by Gasteiger charge is -2.17. The number of likely N-dealkylation sites (tertiary alicyclic amines) is 1. The van der Waals surface area contributed by atoms with Crippen LogP contribution in [0.2, 0.25) is 5.02 Å². The van der Waals surface area contributed by atoms with Crippen LogP contribution in [0.25, 0.3) is 10.8 Å². The molecule has 5 rings (SSSR count). The number of phenols is 1. The van der Waals surface area contributed by atoms with Crippen molar-refractivity contribution in [3.8, 4) is 11.5 Å². The van der Waals surface area contributed by atoms with Crippen LogP contribution in [-0.2, 0) is 6.54 Å². The molecule has 0 aliphatic carbocycles. The van der Waals surface area contributed by atoms with Gasteiger partial charge >= 0.3 is 0 Å². The molecule has 1 aliphatic heterocycles. The van der Waals surface area contributed by atoms with Gasteiger partial charge < -0.3 is 15.2 Å². The van der Waals surface area contributed by atoms with Crippen LogP contribution >= 0.6 is 11.6 Å². The van der Waals surface area contributed by atoms with Crippen molar-refractivity contribution in [2.24, 2.45) is 5.10 Å². The lowest BCUT2D eigenvalue weighted by Crippen LogP contribution is -2.35. The Morgan fingerprint density at radius 2 is 1.85 bits per heavy atom. The van der Waals surface area contributed by atoms with Crippen LogP contribution in [0, 0.1) is 0 Å². The van der Waals surface area contributed by atoms with Gasteiger partial charge in [0, 0.05) is 48.7 Å². The fourth-order valence-electron chi connectivity index (χ4n) is 4.81. The third-order valence-electron chi connectivity index (χ3n) is 6.81. The number of hydrogen-bond donors (Lipinski definition) is 3. The number of hydrogen-bond acceptors (Lipinski definition) is 6. The average Bonchev–Trinajstić information content (AvgIpc) is 3.40. The van der Waals surface area contributed by atoms with Crippen LogP contribution in [0.5, 0.6) is 11.5 Å². The summed E-state index contributed by atoms with van der Waals surface area (Å²) in [5.74, 6) is 0.310. The molecule has 1 amide bonds. The number of aromatic hydroxyl groups is 1. The minimum absolute atomic E-state index is 0.0784. The Kier molecular flexibility index (Phi) is 8.73. The minimum atomic E-state index is -0.421. The zero-order chi connectivity index (χ0) is 27.0. The van der Waals surface area contributed by atoms with Crippen molar-refractivity contribution in [3.63, 3.8) is 0 Å². The maximum absolute atomic E-state index is 12.4. The number of benzene rings is 4. The first-order valence-corrected chi connectivity index (χ1v) is 13.4. The van der Waals surface area contributed by atoms with Crippen LogP contribution in [0.4, 0.5) is 0 Å². The Labute approximate surface area is 233 Å². The fraction of sp³-hybridized carbons (Fsp3) is 0.226. The van der Waals surface area contributed by atoms with Crippen LogP contribution in [0.1, 0.15) is 27.9 Å². The van der Waals surface area contributed by atoms with E-state index in [9.17, 15) is 9.90 Å². The maximum atomic E-state index is 12.4. The number of carbonyl (C=O) groups is 1. The second-order valence-corrected chi connectivity index (χ2v) is 9.98. The number of amides is 1. The number of carbonyl (C=O) groups excluding carboxylic acids is 1. The molecule has 0 aromatic heterocycles. The Bertz CT molecular complexity index is 1460. The van der Waals surface area contributed by atoms with Crippen LogP contribution in [0.3, 0.4) is 0 Å². The Morgan fingerprint density at radius 1 is 1.05 bits per heavy atom. The summed E-state index contributed by atoms with van der Waals surface area (Å²) in [6, 6.07) is 27.1. The monoisotopic (exact) mass is 542 g/mol. The van der Waals surface area contributed by atoms with Crippen LogP contribution in [-0.4, -0.2) is 54.4 Å². The van der Waals surface area contributed by atoms with Crippen LogP contribution in [0.15, 0.2) is 90.0 Å². The first-order valence-electron chi connectivity index (χ1n) is 13.0. The van der Waals surface area contributed by atoms with Gasteiger partial charge in [0.2, 0.25) is 0 Å². The lowest BCUT2D eigenvalue weighted by molar-refractivity contribution is 0.0955. The van der Waals surface area contributed by atoms with Gasteiger partial charge in [0.25, 0.3) is 5.91 Å². The molecule has 1 fully saturated rings. The average molecular weight is 543 g/mol. The Balaban J connectivity index is 1.13. The summed E-state index contributed by atoms with van der Waals surface area (Å²) in [6.45, 7) is 4.48. The number of nitrogens with zero attached hydrogens (tertiary/aromatic N) is 2. The molecule has 0 bridgehead atoms. The molecule has 200 valence electrons. The molecule has 1 atom stereocenters. The molecule has 0 saturated carbocycles. The summed E-state index contributed by atoms with van der Waals surface area (Å²) in [6.07, 6.45) is 2.75. The van der Waals surface area contributed by atoms with E-state index in [0.29, 0.717) is 18.2 Å². The molecule has 1 unspecified atom stereocenters. The predicted molar refractivity (Wildman–Crippen MR) is 156 cm³/mol. The van der Waals surface area contributed by atoms with E-state index in [1.807, 2.05) is 36.4 Å². The van der Waals surface area contributed by atoms with Gasteiger partial charge in [-0.3, -0.25) is 9.69 Å². The van der Waals surface area contributed by atoms with Gasteiger partial charge in [0.15, 0.2) is 0 Å². The molecule has 1 saturated heterocycles. The lowest BCUT2D eigenvalue weighted by atomic mass is 10.0. The smallest absolute Gasteiger partial charge is 0.271 e. The van der Waals surface area contributed by atoms with Crippen molar-refractivity contribution in [2.45, 2.75) is 19.0 Å². The number of ether oxygens (including phenoxy) is 1. The van der Waals surface area contributed by atoms with Crippen molar-refractivity contribution in [3.05, 3.63) is 107 Å². The molecule has 3 N–H and O–H groups in total. The molecule has 4 aromatic rings. The topological polar surface area (TPSA) is 86.2 Å². The molecule has 39 heavy (non-hydrogen) atoms. The summed E-state index contributed by atoms with van der Waals surface area (Å²) in [5, 5.41) is 19.4. The van der Waals surface area contributed by atoms with Crippen molar-refractivity contribution < 1.29 is 14.6 Å². The highest BCUT2D eigenvalue weighted by Crippen LogP contribution is 2.28. The quantitative estimate of drug-likeness (QED) is 0.146. The molecule has 1 aliphatic rings. The summed E-state index contributed by atoms with van der Waals surface area (Å²) >= 11 is 5.89. The third kappa shape index (κ3) is 6.95. The second-order valence-electron chi connectivity index (χ2n) is 9.57. The van der Waals surface area contributed by atoms with Crippen molar-refractivity contribution in [2.75, 3.05) is 26.2 Å². The predicted octanol–water partition coefficient (Wildman–Crippen LogP) is 5.21. The molecule has 1 heterocycles. The second kappa shape index (κ2) is 12.8. The van der Waals surface area contributed by atoms with E-state index in [-0.39, 0.29) is 10.8 Å². The van der Waals surface area contributed by atoms with E-state index in [4.69, 9.17) is 16.3 Å². The van der Waals surface area contributed by atoms with E-state index in [1.165, 1.54) is 23.8 Å². The number of phenolic OH excluding ortho intramolecular Hbond substituents is 1. The zero-order valence-electron chi connectivity index (χ0n) is 21.5. The van der Waals surface area contributed by atoms with Crippen molar-refractivity contribution >= 4 is 34.5 Å².